The van der Waals surface area contributed by atoms with Crippen LogP contribution >= 0.6 is 0 Å². The van der Waals surface area contributed by atoms with E-state index < -0.39 is 0 Å². The van der Waals surface area contributed by atoms with Crippen molar-refractivity contribution in [1.82, 2.24) is 9.97 Å². The van der Waals surface area contributed by atoms with Crippen LogP contribution in [-0.2, 0) is 0 Å². The fourth-order valence-electron chi connectivity index (χ4n) is 4.60. The van der Waals surface area contributed by atoms with Crippen molar-refractivity contribution in [3.63, 3.8) is 0 Å². The van der Waals surface area contributed by atoms with Crippen LogP contribution in [0.15, 0.2) is 66.7 Å². The molecule has 0 aliphatic heterocycles. The topological polar surface area (TPSA) is 49.8 Å². The molecule has 4 heteroatoms. The van der Waals surface area contributed by atoms with Crippen LogP contribution in [0.1, 0.15) is 25.7 Å². The molecule has 2 N–H and O–H groups in total. The van der Waals surface area contributed by atoms with E-state index in [1.807, 2.05) is 48.5 Å². The summed E-state index contributed by atoms with van der Waals surface area (Å²) in [6.07, 6.45) is 5.41. The van der Waals surface area contributed by atoms with E-state index in [0.717, 1.165) is 34.6 Å². The lowest BCUT2D eigenvalue weighted by Crippen LogP contribution is -2.26. The zero-order chi connectivity index (χ0) is 18.1. The average molecular weight is 356 g/mol. The predicted octanol–water partition coefficient (Wildman–Crippen LogP) is 5.49. The number of rotatable bonds is 5. The highest BCUT2D eigenvalue weighted by molar-refractivity contribution is 5.66. The molecule has 2 fully saturated rings. The summed E-state index contributed by atoms with van der Waals surface area (Å²) < 4.78 is 0. The number of anilines is 3. The predicted molar refractivity (Wildman–Crippen MR) is 110 cm³/mol. The lowest BCUT2D eigenvalue weighted by Gasteiger charge is -2.24. The molecule has 1 aromatic heterocycles. The Kier molecular flexibility index (Phi) is 4.24. The summed E-state index contributed by atoms with van der Waals surface area (Å²) in [5, 5.41) is 7.07. The van der Waals surface area contributed by atoms with Crippen LogP contribution in [0.3, 0.4) is 0 Å². The van der Waals surface area contributed by atoms with Gasteiger partial charge >= 0.3 is 0 Å². The second kappa shape index (κ2) is 7.03. The number of fused-ring (bicyclic) bond motifs is 2. The van der Waals surface area contributed by atoms with Crippen molar-refractivity contribution in [2.45, 2.75) is 31.7 Å². The van der Waals surface area contributed by atoms with Gasteiger partial charge in [0.2, 0.25) is 5.95 Å². The van der Waals surface area contributed by atoms with Gasteiger partial charge in [0, 0.05) is 23.4 Å². The van der Waals surface area contributed by atoms with Gasteiger partial charge in [0.1, 0.15) is 5.82 Å². The molecule has 3 atom stereocenters. The molecule has 2 saturated carbocycles. The number of hydrogen-bond donors (Lipinski definition) is 2. The van der Waals surface area contributed by atoms with Gasteiger partial charge in [-0.3, -0.25) is 0 Å². The maximum atomic E-state index is 4.77. The zero-order valence-corrected chi connectivity index (χ0v) is 15.3. The van der Waals surface area contributed by atoms with Crippen molar-refractivity contribution in [2.75, 3.05) is 10.6 Å². The number of nitrogens with one attached hydrogen (secondary N) is 2. The van der Waals surface area contributed by atoms with Gasteiger partial charge in [-0.15, -0.1) is 0 Å². The van der Waals surface area contributed by atoms with Gasteiger partial charge in [-0.2, -0.15) is 4.98 Å². The van der Waals surface area contributed by atoms with Crippen LogP contribution in [0.2, 0.25) is 0 Å². The molecule has 0 radical (unpaired) electrons. The van der Waals surface area contributed by atoms with Crippen molar-refractivity contribution >= 4 is 17.5 Å². The summed E-state index contributed by atoms with van der Waals surface area (Å²) in [5.74, 6) is 3.26. The molecular weight excluding hydrogens is 332 g/mol. The highest BCUT2D eigenvalue weighted by atomic mass is 15.2. The number of benzene rings is 2. The molecule has 4 nitrogen and oxygen atoms in total. The SMILES string of the molecule is c1ccc(Nc2nc(NC3CC4CCC3C4)cc(-c3ccccc3)n2)cc1. The van der Waals surface area contributed by atoms with Crippen LogP contribution in [0.5, 0.6) is 0 Å². The van der Waals surface area contributed by atoms with E-state index in [-0.39, 0.29) is 0 Å². The van der Waals surface area contributed by atoms with Crippen molar-refractivity contribution in [3.05, 3.63) is 66.7 Å². The Balaban J connectivity index is 1.46. The zero-order valence-electron chi connectivity index (χ0n) is 15.3. The summed E-state index contributed by atoms with van der Waals surface area (Å²) in [7, 11) is 0. The maximum Gasteiger partial charge on any atom is 0.229 e. The lowest BCUT2D eigenvalue weighted by molar-refractivity contribution is 0.439. The molecule has 0 amide bonds. The van der Waals surface area contributed by atoms with Gasteiger partial charge in [0.15, 0.2) is 0 Å². The van der Waals surface area contributed by atoms with Gasteiger partial charge in [0.25, 0.3) is 0 Å². The maximum absolute atomic E-state index is 4.77. The van der Waals surface area contributed by atoms with Gasteiger partial charge < -0.3 is 10.6 Å². The molecule has 2 bridgehead atoms. The summed E-state index contributed by atoms with van der Waals surface area (Å²) in [5.41, 5.74) is 3.04. The molecule has 0 saturated heterocycles. The van der Waals surface area contributed by atoms with E-state index >= 15 is 0 Å². The Morgan fingerprint density at radius 2 is 1.59 bits per heavy atom. The van der Waals surface area contributed by atoms with E-state index in [2.05, 4.69) is 28.8 Å². The monoisotopic (exact) mass is 356 g/mol. The third-order valence-corrected chi connectivity index (χ3v) is 5.90. The van der Waals surface area contributed by atoms with Gasteiger partial charge in [-0.25, -0.2) is 4.98 Å². The third kappa shape index (κ3) is 3.52. The first-order valence-corrected chi connectivity index (χ1v) is 9.86. The molecule has 3 unspecified atom stereocenters. The van der Waals surface area contributed by atoms with E-state index in [4.69, 9.17) is 9.97 Å². The minimum absolute atomic E-state index is 0.548. The van der Waals surface area contributed by atoms with E-state index in [9.17, 15) is 0 Å². The summed E-state index contributed by atoms with van der Waals surface area (Å²) >= 11 is 0. The van der Waals surface area contributed by atoms with Crippen molar-refractivity contribution in [2.24, 2.45) is 11.8 Å². The second-order valence-electron chi connectivity index (χ2n) is 7.74. The van der Waals surface area contributed by atoms with Gasteiger partial charge in [-0.05, 0) is 43.2 Å². The number of para-hydroxylation sites is 1. The quantitative estimate of drug-likeness (QED) is 0.635. The normalized spacial score (nSPS) is 23.3. The van der Waals surface area contributed by atoms with Gasteiger partial charge in [0.05, 0.1) is 5.69 Å². The molecule has 1 heterocycles. The first-order valence-electron chi connectivity index (χ1n) is 9.86. The smallest absolute Gasteiger partial charge is 0.229 e. The molecular formula is C23H24N4. The standard InChI is InChI=1S/C23H24N4/c1-3-7-17(8-4-1)21-15-22(25-20-14-16-11-12-18(20)13-16)27-23(26-21)24-19-9-5-2-6-10-19/h1-10,15-16,18,20H,11-14H2,(H2,24,25,26,27). The Labute approximate surface area is 160 Å². The summed E-state index contributed by atoms with van der Waals surface area (Å²) in [6, 6.07) is 23.0. The first kappa shape index (κ1) is 16.3. The number of aromatic nitrogens is 2. The molecule has 2 aliphatic carbocycles. The minimum atomic E-state index is 0.548. The lowest BCUT2D eigenvalue weighted by atomic mass is 9.95. The van der Waals surface area contributed by atoms with Crippen LogP contribution < -0.4 is 10.6 Å². The van der Waals surface area contributed by atoms with Crippen LogP contribution in [0, 0.1) is 11.8 Å². The highest BCUT2D eigenvalue weighted by Gasteiger charge is 2.39. The van der Waals surface area contributed by atoms with E-state index in [0.29, 0.717) is 12.0 Å². The molecule has 3 aromatic rings. The Hall–Kier alpha value is -2.88. The molecule has 136 valence electrons. The Morgan fingerprint density at radius 3 is 2.30 bits per heavy atom. The molecule has 2 aliphatic rings. The molecule has 2 aromatic carbocycles. The Morgan fingerprint density at radius 1 is 0.815 bits per heavy atom. The van der Waals surface area contributed by atoms with Crippen molar-refractivity contribution < 1.29 is 0 Å². The van der Waals surface area contributed by atoms with Crippen LogP contribution in [0.25, 0.3) is 11.3 Å². The van der Waals surface area contributed by atoms with Gasteiger partial charge in [-0.1, -0.05) is 55.0 Å². The van der Waals surface area contributed by atoms with Crippen molar-refractivity contribution in [3.8, 4) is 11.3 Å². The molecule has 5 rings (SSSR count). The van der Waals surface area contributed by atoms with E-state index in [1.54, 1.807) is 0 Å². The fraction of sp³-hybridized carbons (Fsp3) is 0.304. The first-order chi connectivity index (χ1) is 13.3. The Bertz CT molecular complexity index is 910. The number of nitrogens with zero attached hydrogens (tertiary/aromatic N) is 2. The number of hydrogen-bond acceptors (Lipinski definition) is 4. The van der Waals surface area contributed by atoms with Crippen LogP contribution in [0.4, 0.5) is 17.5 Å². The van der Waals surface area contributed by atoms with Crippen LogP contribution in [-0.4, -0.2) is 16.0 Å². The summed E-state index contributed by atoms with van der Waals surface area (Å²) in [4.78, 5) is 9.53. The highest BCUT2D eigenvalue weighted by Crippen LogP contribution is 2.45. The third-order valence-electron chi connectivity index (χ3n) is 5.90. The fourth-order valence-corrected chi connectivity index (χ4v) is 4.60. The van der Waals surface area contributed by atoms with Crippen molar-refractivity contribution in [1.29, 1.82) is 0 Å². The summed E-state index contributed by atoms with van der Waals surface area (Å²) in [6.45, 7) is 0. The van der Waals surface area contributed by atoms with E-state index in [1.165, 1.54) is 25.7 Å². The molecule has 0 spiro atoms. The second-order valence-corrected chi connectivity index (χ2v) is 7.74. The minimum Gasteiger partial charge on any atom is -0.367 e. The average Bonchev–Trinajstić information content (AvgIpc) is 3.32. The molecule has 27 heavy (non-hydrogen) atoms. The largest absolute Gasteiger partial charge is 0.367 e.